The molecule has 0 saturated carbocycles. The van der Waals surface area contributed by atoms with E-state index in [0.29, 0.717) is 10.1 Å². The van der Waals surface area contributed by atoms with Crippen LogP contribution < -0.4 is 21.3 Å². The number of rotatable bonds is 5. The molecule has 0 radical (unpaired) electrons. The van der Waals surface area contributed by atoms with Gasteiger partial charge in [0.15, 0.2) is 0 Å². The van der Waals surface area contributed by atoms with Crippen LogP contribution in [0.4, 0.5) is 9.59 Å². The van der Waals surface area contributed by atoms with Crippen molar-refractivity contribution < 1.29 is 22.2 Å². The average Bonchev–Trinajstić information content (AvgIpc) is 2.80. The molecule has 2 aromatic rings. The minimum atomic E-state index is -4.31. The van der Waals surface area contributed by atoms with Gasteiger partial charge in [0, 0.05) is 13.1 Å². The van der Waals surface area contributed by atoms with Gasteiger partial charge in [-0.3, -0.25) is 4.79 Å². The molecule has 0 aliphatic heterocycles. The number of carbonyl (C=O) groups is 2. The Morgan fingerprint density at radius 3 is 2.61 bits per heavy atom. The molecule has 10 nitrogen and oxygen atoms in total. The van der Waals surface area contributed by atoms with E-state index < -0.39 is 28.0 Å². The largest absolute Gasteiger partial charge is 0.421 e. The Balaban J connectivity index is 1.93. The monoisotopic (exact) mass is 360 g/mol. The van der Waals surface area contributed by atoms with Crippen molar-refractivity contribution in [2.75, 3.05) is 13.1 Å². The van der Waals surface area contributed by atoms with Gasteiger partial charge in [-0.1, -0.05) is 12.1 Å². The normalized spacial score (nSPS) is 11.3. The van der Waals surface area contributed by atoms with Crippen LogP contribution in [-0.4, -0.2) is 37.6 Å². The topological polar surface area (TPSA) is 150 Å². The number of amides is 2. The smallest absolute Gasteiger partial charge is 0.335 e. The van der Waals surface area contributed by atoms with Gasteiger partial charge in [-0.25, -0.2) is 9.59 Å². The Labute approximate surface area is 134 Å². The number of benzene rings is 1. The molecule has 12 heteroatoms. The lowest BCUT2D eigenvalue weighted by Crippen LogP contribution is -2.39. The molecule has 0 bridgehead atoms. The molecule has 0 saturated heterocycles. The van der Waals surface area contributed by atoms with Crippen molar-refractivity contribution in [3.63, 3.8) is 0 Å². The summed E-state index contributed by atoms with van der Waals surface area (Å²) in [6.07, 6.45) is -1.47. The van der Waals surface area contributed by atoms with Crippen LogP contribution in [-0.2, 0) is 14.5 Å². The highest BCUT2D eigenvalue weighted by molar-refractivity contribution is 7.85. The van der Waals surface area contributed by atoms with E-state index in [1.165, 1.54) is 0 Å². The zero-order chi connectivity index (χ0) is 17.0. The maximum absolute atomic E-state index is 12.0. The molecule has 124 valence electrons. The van der Waals surface area contributed by atoms with Crippen LogP contribution in [0.15, 0.2) is 29.1 Å². The number of nitrogens with two attached hydrogens (primary N) is 1. The van der Waals surface area contributed by atoms with Gasteiger partial charge in [0.2, 0.25) is 0 Å². The molecular weight excluding hydrogens is 348 g/mol. The summed E-state index contributed by atoms with van der Waals surface area (Å²) >= 11 is 0.972. The molecule has 0 spiro atoms. The standard InChI is InChI=1S/C11H12N4O6S2/c12-10(17)21-23(19,20)14-6-5-13-11(18)15-9(16)7-3-1-2-4-8(7)22-15/h1-4,14H,5-6H2,(H2,12,17)(H,13,18). The van der Waals surface area contributed by atoms with Crippen LogP contribution >= 0.6 is 11.5 Å². The molecule has 2 rings (SSSR count). The number of aromatic nitrogens is 1. The highest BCUT2D eigenvalue weighted by Crippen LogP contribution is 2.15. The Morgan fingerprint density at radius 2 is 1.96 bits per heavy atom. The van der Waals surface area contributed by atoms with E-state index in [1.54, 1.807) is 24.3 Å². The molecule has 0 fully saturated rings. The lowest BCUT2D eigenvalue weighted by Gasteiger charge is -2.06. The van der Waals surface area contributed by atoms with Gasteiger partial charge in [-0.15, -0.1) is 0 Å². The predicted molar refractivity (Wildman–Crippen MR) is 82.5 cm³/mol. The second-order valence-electron chi connectivity index (χ2n) is 4.17. The first-order valence-electron chi connectivity index (χ1n) is 6.18. The van der Waals surface area contributed by atoms with Crippen molar-refractivity contribution in [2.24, 2.45) is 5.73 Å². The van der Waals surface area contributed by atoms with Crippen LogP contribution in [0.3, 0.4) is 0 Å². The minimum Gasteiger partial charge on any atom is -0.335 e. The number of fused-ring (bicyclic) bond motifs is 1. The molecule has 23 heavy (non-hydrogen) atoms. The van der Waals surface area contributed by atoms with Crippen LogP contribution in [0.1, 0.15) is 0 Å². The maximum Gasteiger partial charge on any atom is 0.421 e. The molecule has 0 atom stereocenters. The summed E-state index contributed by atoms with van der Waals surface area (Å²) in [7, 11) is -4.31. The lowest BCUT2D eigenvalue weighted by molar-refractivity contribution is 0.211. The summed E-state index contributed by atoms with van der Waals surface area (Å²) < 4.78 is 29.6. The highest BCUT2D eigenvalue weighted by Gasteiger charge is 2.15. The van der Waals surface area contributed by atoms with Crippen molar-refractivity contribution in [1.82, 2.24) is 14.0 Å². The van der Waals surface area contributed by atoms with E-state index in [1.807, 2.05) is 4.72 Å². The third kappa shape index (κ3) is 4.28. The third-order valence-corrected chi connectivity index (χ3v) is 4.56. The third-order valence-electron chi connectivity index (χ3n) is 2.55. The summed E-state index contributed by atoms with van der Waals surface area (Å²) in [4.78, 5) is 34.3. The van der Waals surface area contributed by atoms with E-state index in [0.717, 1.165) is 15.5 Å². The predicted octanol–water partition coefficient (Wildman–Crippen LogP) is -0.450. The van der Waals surface area contributed by atoms with Gasteiger partial charge in [0.1, 0.15) is 0 Å². The fourth-order valence-corrected chi connectivity index (χ4v) is 3.21. The number of hydrogen-bond donors (Lipinski definition) is 3. The fraction of sp³-hybridized carbons (Fsp3) is 0.182. The molecule has 0 aliphatic rings. The molecule has 0 unspecified atom stereocenters. The van der Waals surface area contributed by atoms with Crippen molar-refractivity contribution in [3.05, 3.63) is 34.6 Å². The van der Waals surface area contributed by atoms with Crippen molar-refractivity contribution in [1.29, 1.82) is 0 Å². The molecule has 4 N–H and O–H groups in total. The number of nitrogens with one attached hydrogen (secondary N) is 2. The van der Waals surface area contributed by atoms with Gasteiger partial charge < -0.3 is 15.2 Å². The fourth-order valence-electron chi connectivity index (χ4n) is 1.66. The van der Waals surface area contributed by atoms with Gasteiger partial charge >= 0.3 is 22.4 Å². The number of nitrogens with zero attached hydrogens (tertiary/aromatic N) is 1. The second kappa shape index (κ2) is 6.76. The Morgan fingerprint density at radius 1 is 1.26 bits per heavy atom. The van der Waals surface area contributed by atoms with Gasteiger partial charge in [0.05, 0.1) is 10.1 Å². The summed E-state index contributed by atoms with van der Waals surface area (Å²) in [5.41, 5.74) is 4.12. The average molecular weight is 360 g/mol. The molecule has 0 aliphatic carbocycles. The summed E-state index contributed by atoms with van der Waals surface area (Å²) in [6.45, 7) is -0.373. The van der Waals surface area contributed by atoms with E-state index >= 15 is 0 Å². The molecular formula is C11H12N4O6S2. The summed E-state index contributed by atoms with van der Waals surface area (Å²) in [5, 5.41) is 2.78. The first kappa shape index (κ1) is 16.9. The summed E-state index contributed by atoms with van der Waals surface area (Å²) in [6, 6.07) is 6.06. The Hall–Kier alpha value is -2.44. The first-order valence-corrected chi connectivity index (χ1v) is 8.36. The van der Waals surface area contributed by atoms with E-state index in [-0.39, 0.29) is 13.1 Å². The molecule has 1 aromatic heterocycles. The first-order chi connectivity index (χ1) is 10.8. The van der Waals surface area contributed by atoms with Gasteiger partial charge in [0.25, 0.3) is 5.56 Å². The number of hydrogen-bond acceptors (Lipinski definition) is 7. The van der Waals surface area contributed by atoms with Crippen LogP contribution in [0.2, 0.25) is 0 Å². The molecule has 1 heterocycles. The number of carbonyl (C=O) groups excluding carboxylic acids is 2. The zero-order valence-corrected chi connectivity index (χ0v) is 13.1. The van der Waals surface area contributed by atoms with Crippen LogP contribution in [0.25, 0.3) is 10.1 Å². The number of primary amides is 1. The van der Waals surface area contributed by atoms with Crippen LogP contribution in [0, 0.1) is 0 Å². The Bertz CT molecular complexity index is 901. The van der Waals surface area contributed by atoms with Crippen molar-refractivity contribution in [3.8, 4) is 0 Å². The second-order valence-corrected chi connectivity index (χ2v) is 6.52. The molecule has 1 aromatic carbocycles. The zero-order valence-electron chi connectivity index (χ0n) is 11.5. The quantitative estimate of drug-likeness (QED) is 0.615. The van der Waals surface area contributed by atoms with Crippen molar-refractivity contribution in [2.45, 2.75) is 0 Å². The van der Waals surface area contributed by atoms with E-state index in [4.69, 9.17) is 0 Å². The minimum absolute atomic E-state index is 0.124. The van der Waals surface area contributed by atoms with Gasteiger partial charge in [-0.2, -0.15) is 17.1 Å². The van der Waals surface area contributed by atoms with E-state index in [2.05, 4.69) is 15.2 Å². The van der Waals surface area contributed by atoms with Crippen molar-refractivity contribution >= 4 is 44.0 Å². The Kier molecular flexibility index (Phi) is 4.98. The maximum atomic E-state index is 12.0. The highest BCUT2D eigenvalue weighted by atomic mass is 32.2. The van der Waals surface area contributed by atoms with Crippen LogP contribution in [0.5, 0.6) is 0 Å². The van der Waals surface area contributed by atoms with Gasteiger partial charge in [-0.05, 0) is 23.7 Å². The lowest BCUT2D eigenvalue weighted by atomic mass is 10.3. The SMILES string of the molecule is NC(=O)OS(=O)(=O)NCCNC(=O)n1sc2ccccc2c1=O. The molecule has 2 amide bonds. The van der Waals surface area contributed by atoms with E-state index in [9.17, 15) is 22.8 Å². The summed E-state index contributed by atoms with van der Waals surface area (Å²) in [5.74, 6) is 0.